The van der Waals surface area contributed by atoms with Crippen LogP contribution >= 0.6 is 11.6 Å². The van der Waals surface area contributed by atoms with E-state index in [1.807, 2.05) is 78.9 Å². The lowest BCUT2D eigenvalue weighted by Gasteiger charge is -2.06. The van der Waals surface area contributed by atoms with Gasteiger partial charge in [-0.25, -0.2) is 0 Å². The molecule has 0 aliphatic rings. The van der Waals surface area contributed by atoms with Crippen molar-refractivity contribution in [2.24, 2.45) is 0 Å². The van der Waals surface area contributed by atoms with E-state index in [1.54, 1.807) is 0 Å². The SMILES string of the molecule is O=C(c1ccccc1)c1cccc(-c2ccc3c(c2)oc2cc(Cl)ccc23)c1. The minimum Gasteiger partial charge on any atom is -0.456 e. The molecule has 28 heavy (non-hydrogen) atoms. The molecule has 0 fully saturated rings. The fourth-order valence-electron chi connectivity index (χ4n) is 3.53. The fraction of sp³-hybridized carbons (Fsp3) is 0. The lowest BCUT2D eigenvalue weighted by molar-refractivity contribution is 0.103. The Hall–Kier alpha value is -3.36. The summed E-state index contributed by atoms with van der Waals surface area (Å²) in [5.74, 6) is 0.0157. The van der Waals surface area contributed by atoms with Crippen LogP contribution in [0.1, 0.15) is 15.9 Å². The molecule has 5 rings (SSSR count). The Kier molecular flexibility index (Phi) is 4.00. The maximum Gasteiger partial charge on any atom is 0.193 e. The third-order valence-corrected chi connectivity index (χ3v) is 5.16. The Balaban J connectivity index is 1.58. The topological polar surface area (TPSA) is 30.2 Å². The molecule has 0 atom stereocenters. The van der Waals surface area contributed by atoms with Gasteiger partial charge in [-0.2, -0.15) is 0 Å². The van der Waals surface area contributed by atoms with Gasteiger partial charge >= 0.3 is 0 Å². The van der Waals surface area contributed by atoms with E-state index in [1.165, 1.54) is 0 Å². The predicted molar refractivity (Wildman–Crippen MR) is 114 cm³/mol. The first-order valence-corrected chi connectivity index (χ1v) is 9.39. The number of fused-ring (bicyclic) bond motifs is 3. The zero-order chi connectivity index (χ0) is 19.1. The van der Waals surface area contributed by atoms with Gasteiger partial charge in [0.15, 0.2) is 5.78 Å². The van der Waals surface area contributed by atoms with Gasteiger partial charge in [0.2, 0.25) is 0 Å². The first kappa shape index (κ1) is 16.8. The maximum absolute atomic E-state index is 12.8. The van der Waals surface area contributed by atoms with Gasteiger partial charge in [-0.3, -0.25) is 4.79 Å². The molecule has 1 heterocycles. The van der Waals surface area contributed by atoms with Crippen LogP contribution < -0.4 is 0 Å². The summed E-state index contributed by atoms with van der Waals surface area (Å²) in [6.45, 7) is 0. The Morgan fingerprint density at radius 1 is 0.643 bits per heavy atom. The van der Waals surface area contributed by atoms with Crippen LogP contribution in [-0.4, -0.2) is 5.78 Å². The van der Waals surface area contributed by atoms with Crippen LogP contribution in [-0.2, 0) is 0 Å². The molecule has 0 aliphatic carbocycles. The van der Waals surface area contributed by atoms with Crippen LogP contribution in [0.5, 0.6) is 0 Å². The Labute approximate surface area is 167 Å². The van der Waals surface area contributed by atoms with Crippen molar-refractivity contribution in [3.05, 3.63) is 107 Å². The lowest BCUT2D eigenvalue weighted by Crippen LogP contribution is -2.00. The molecule has 5 aromatic rings. The van der Waals surface area contributed by atoms with E-state index < -0.39 is 0 Å². The number of hydrogen-bond acceptors (Lipinski definition) is 2. The van der Waals surface area contributed by atoms with E-state index in [9.17, 15) is 4.79 Å². The number of ketones is 1. The summed E-state index contributed by atoms with van der Waals surface area (Å²) in [5, 5.41) is 2.74. The summed E-state index contributed by atoms with van der Waals surface area (Å²) in [6, 6.07) is 28.8. The molecule has 0 N–H and O–H groups in total. The van der Waals surface area contributed by atoms with E-state index in [2.05, 4.69) is 12.1 Å². The number of furan rings is 1. The summed E-state index contributed by atoms with van der Waals surface area (Å²) < 4.78 is 5.99. The third kappa shape index (κ3) is 2.88. The van der Waals surface area contributed by atoms with Crippen molar-refractivity contribution in [1.82, 2.24) is 0 Å². The van der Waals surface area contributed by atoms with Crippen molar-refractivity contribution in [3.8, 4) is 11.1 Å². The minimum absolute atomic E-state index is 0.0157. The molecule has 0 saturated carbocycles. The number of halogens is 1. The van der Waals surface area contributed by atoms with Crippen LogP contribution in [0.3, 0.4) is 0 Å². The molecule has 134 valence electrons. The molecular weight excluding hydrogens is 368 g/mol. The number of rotatable bonds is 3. The smallest absolute Gasteiger partial charge is 0.193 e. The molecule has 4 aromatic carbocycles. The molecular formula is C25H15ClO2. The second kappa shape index (κ2) is 6.66. The Bertz CT molecular complexity index is 1330. The van der Waals surface area contributed by atoms with E-state index in [-0.39, 0.29) is 5.78 Å². The van der Waals surface area contributed by atoms with Gasteiger partial charge in [0, 0.05) is 33.0 Å². The second-order valence-electron chi connectivity index (χ2n) is 6.73. The molecule has 2 nitrogen and oxygen atoms in total. The molecule has 0 radical (unpaired) electrons. The van der Waals surface area contributed by atoms with Crippen molar-refractivity contribution in [2.75, 3.05) is 0 Å². The summed E-state index contributed by atoms with van der Waals surface area (Å²) >= 11 is 6.08. The first-order chi connectivity index (χ1) is 13.7. The zero-order valence-electron chi connectivity index (χ0n) is 14.9. The van der Waals surface area contributed by atoms with Gasteiger partial charge < -0.3 is 4.42 Å². The van der Waals surface area contributed by atoms with Crippen LogP contribution in [0.4, 0.5) is 0 Å². The lowest BCUT2D eigenvalue weighted by atomic mass is 9.97. The molecule has 0 spiro atoms. The van der Waals surface area contributed by atoms with Gasteiger partial charge in [0.05, 0.1) is 0 Å². The van der Waals surface area contributed by atoms with Crippen molar-refractivity contribution in [1.29, 1.82) is 0 Å². The molecule has 0 unspecified atom stereocenters. The molecule has 0 saturated heterocycles. The number of carbonyl (C=O) groups excluding carboxylic acids is 1. The third-order valence-electron chi connectivity index (χ3n) is 4.93. The average molecular weight is 383 g/mol. The molecule has 3 heteroatoms. The standard InChI is InChI=1S/C25H15ClO2/c26-20-10-12-22-21-11-9-18(14-23(21)28-24(22)15-20)17-7-4-8-19(13-17)25(27)16-5-2-1-3-6-16/h1-15H. The summed E-state index contributed by atoms with van der Waals surface area (Å²) in [7, 11) is 0. The minimum atomic E-state index is 0.0157. The van der Waals surface area contributed by atoms with Crippen LogP contribution in [0.2, 0.25) is 5.02 Å². The number of benzene rings is 4. The van der Waals surface area contributed by atoms with E-state index in [4.69, 9.17) is 16.0 Å². The maximum atomic E-state index is 12.8. The Morgan fingerprint density at radius 3 is 2.14 bits per heavy atom. The number of hydrogen-bond donors (Lipinski definition) is 0. The van der Waals surface area contributed by atoms with Crippen LogP contribution in [0.25, 0.3) is 33.1 Å². The molecule has 0 bridgehead atoms. The van der Waals surface area contributed by atoms with Gasteiger partial charge in [-0.1, -0.05) is 66.2 Å². The normalized spacial score (nSPS) is 11.2. The van der Waals surface area contributed by atoms with Crippen LogP contribution in [0.15, 0.2) is 95.4 Å². The van der Waals surface area contributed by atoms with E-state index in [0.717, 1.165) is 33.1 Å². The monoisotopic (exact) mass is 382 g/mol. The van der Waals surface area contributed by atoms with Gasteiger partial charge in [0.1, 0.15) is 11.2 Å². The fourth-order valence-corrected chi connectivity index (χ4v) is 3.69. The zero-order valence-corrected chi connectivity index (χ0v) is 15.6. The molecule has 0 amide bonds. The average Bonchev–Trinajstić information content (AvgIpc) is 3.10. The van der Waals surface area contributed by atoms with Crippen LogP contribution in [0, 0.1) is 0 Å². The van der Waals surface area contributed by atoms with Crippen molar-refractivity contribution >= 4 is 39.3 Å². The molecule has 0 aliphatic heterocycles. The summed E-state index contributed by atoms with van der Waals surface area (Å²) in [6.07, 6.45) is 0. The van der Waals surface area contributed by atoms with Crippen molar-refractivity contribution in [2.45, 2.75) is 0 Å². The highest BCUT2D eigenvalue weighted by molar-refractivity contribution is 6.31. The largest absolute Gasteiger partial charge is 0.456 e. The summed E-state index contributed by atoms with van der Waals surface area (Å²) in [5.41, 5.74) is 4.90. The van der Waals surface area contributed by atoms with Gasteiger partial charge in [-0.15, -0.1) is 0 Å². The predicted octanol–water partition coefficient (Wildman–Crippen LogP) is 7.14. The molecule has 1 aromatic heterocycles. The highest BCUT2D eigenvalue weighted by Crippen LogP contribution is 2.33. The number of carbonyl (C=O) groups is 1. The highest BCUT2D eigenvalue weighted by Gasteiger charge is 2.12. The highest BCUT2D eigenvalue weighted by atomic mass is 35.5. The van der Waals surface area contributed by atoms with Crippen molar-refractivity contribution < 1.29 is 9.21 Å². The van der Waals surface area contributed by atoms with Gasteiger partial charge in [0.25, 0.3) is 0 Å². The van der Waals surface area contributed by atoms with Gasteiger partial charge in [-0.05, 0) is 41.5 Å². The van der Waals surface area contributed by atoms with E-state index in [0.29, 0.717) is 16.1 Å². The van der Waals surface area contributed by atoms with E-state index >= 15 is 0 Å². The summed E-state index contributed by atoms with van der Waals surface area (Å²) in [4.78, 5) is 12.8. The second-order valence-corrected chi connectivity index (χ2v) is 7.17. The first-order valence-electron chi connectivity index (χ1n) is 9.01. The Morgan fingerprint density at radius 2 is 1.32 bits per heavy atom. The van der Waals surface area contributed by atoms with Crippen molar-refractivity contribution in [3.63, 3.8) is 0 Å². The quantitative estimate of drug-likeness (QED) is 0.310.